The fraction of sp³-hybridized carbons (Fsp3) is 0.474. The van der Waals surface area contributed by atoms with Crippen molar-refractivity contribution in [2.75, 3.05) is 31.6 Å². The SMILES string of the molecule is Cc1nc(N2CC[C@H]3CCN(C)C[C@H]32)nnc1-c1ccc(C#N)cc1O. The Kier molecular flexibility index (Phi) is 4.21. The largest absolute Gasteiger partial charge is 0.507 e. The van der Waals surface area contributed by atoms with Crippen molar-refractivity contribution < 1.29 is 5.11 Å². The van der Waals surface area contributed by atoms with Gasteiger partial charge in [0.2, 0.25) is 5.95 Å². The van der Waals surface area contributed by atoms with Crippen LogP contribution in [-0.4, -0.2) is 57.9 Å². The maximum Gasteiger partial charge on any atom is 0.245 e. The van der Waals surface area contributed by atoms with E-state index in [1.807, 2.05) is 13.0 Å². The molecule has 0 saturated carbocycles. The van der Waals surface area contributed by atoms with E-state index in [1.54, 1.807) is 12.1 Å². The Morgan fingerprint density at radius 1 is 1.23 bits per heavy atom. The summed E-state index contributed by atoms with van der Waals surface area (Å²) in [4.78, 5) is 9.33. The van der Waals surface area contributed by atoms with E-state index in [-0.39, 0.29) is 5.75 Å². The normalized spacial score (nSPS) is 22.9. The Bertz CT molecular complexity index is 877. The van der Waals surface area contributed by atoms with Crippen LogP contribution in [0.15, 0.2) is 18.2 Å². The second kappa shape index (κ2) is 6.54. The zero-order valence-electron chi connectivity index (χ0n) is 15.1. The number of anilines is 1. The minimum Gasteiger partial charge on any atom is -0.507 e. The van der Waals surface area contributed by atoms with E-state index in [0.717, 1.165) is 25.3 Å². The molecule has 2 saturated heterocycles. The number of hydrogen-bond donors (Lipinski definition) is 1. The van der Waals surface area contributed by atoms with Gasteiger partial charge in [-0.1, -0.05) is 0 Å². The van der Waals surface area contributed by atoms with Gasteiger partial charge in [-0.05, 0) is 57.5 Å². The van der Waals surface area contributed by atoms with Crippen molar-refractivity contribution in [1.82, 2.24) is 20.1 Å². The van der Waals surface area contributed by atoms with Crippen LogP contribution in [0.3, 0.4) is 0 Å². The molecule has 1 N–H and O–H groups in total. The molecule has 0 amide bonds. The molecule has 2 atom stereocenters. The minimum absolute atomic E-state index is 0.0196. The van der Waals surface area contributed by atoms with Gasteiger partial charge in [-0.3, -0.25) is 0 Å². The first-order valence-corrected chi connectivity index (χ1v) is 8.97. The smallest absolute Gasteiger partial charge is 0.245 e. The first kappa shape index (κ1) is 16.7. The minimum atomic E-state index is 0.0196. The number of phenols is 1. The van der Waals surface area contributed by atoms with E-state index in [9.17, 15) is 5.11 Å². The lowest BCUT2D eigenvalue weighted by Crippen LogP contribution is -2.47. The fourth-order valence-corrected chi connectivity index (χ4v) is 4.11. The standard InChI is InChI=1S/C19H22N6O/c1-12-18(15-4-3-13(10-20)9-17(15)26)22-23-19(21-12)25-8-6-14-5-7-24(2)11-16(14)25/h3-4,9,14,16,26H,5-8,11H2,1-2H3/t14-,16-/m1/s1. The van der Waals surface area contributed by atoms with Gasteiger partial charge >= 0.3 is 0 Å². The molecule has 0 bridgehead atoms. The van der Waals surface area contributed by atoms with Crippen LogP contribution in [0.5, 0.6) is 5.75 Å². The highest BCUT2D eigenvalue weighted by Crippen LogP contribution is 2.34. The van der Waals surface area contributed by atoms with E-state index >= 15 is 0 Å². The van der Waals surface area contributed by atoms with Crippen molar-refractivity contribution in [3.05, 3.63) is 29.5 Å². The maximum atomic E-state index is 10.2. The molecule has 2 aliphatic rings. The molecule has 7 nitrogen and oxygen atoms in total. The molecular weight excluding hydrogens is 328 g/mol. The quantitative estimate of drug-likeness (QED) is 0.885. The number of aromatic hydroxyl groups is 1. The summed E-state index contributed by atoms with van der Waals surface area (Å²) in [5.41, 5.74) is 2.23. The molecule has 4 rings (SSSR count). The molecule has 1 aromatic carbocycles. The summed E-state index contributed by atoms with van der Waals surface area (Å²) >= 11 is 0. The topological polar surface area (TPSA) is 89.2 Å². The molecule has 3 heterocycles. The van der Waals surface area contributed by atoms with Crippen molar-refractivity contribution in [2.45, 2.75) is 25.8 Å². The molecule has 0 unspecified atom stereocenters. The number of benzene rings is 1. The van der Waals surface area contributed by atoms with Gasteiger partial charge in [-0.15, -0.1) is 10.2 Å². The second-order valence-electron chi connectivity index (χ2n) is 7.25. The molecule has 1 aromatic heterocycles. The van der Waals surface area contributed by atoms with Crippen LogP contribution in [0.1, 0.15) is 24.1 Å². The average molecular weight is 350 g/mol. The van der Waals surface area contributed by atoms with Gasteiger partial charge in [0.05, 0.1) is 17.3 Å². The van der Waals surface area contributed by atoms with Gasteiger partial charge in [0, 0.05) is 24.7 Å². The van der Waals surface area contributed by atoms with Gasteiger partial charge in [-0.25, -0.2) is 4.98 Å². The lowest BCUT2D eigenvalue weighted by molar-refractivity contribution is 0.207. The van der Waals surface area contributed by atoms with Crippen molar-refractivity contribution >= 4 is 5.95 Å². The van der Waals surface area contributed by atoms with Crippen LogP contribution >= 0.6 is 0 Å². The number of aromatic nitrogens is 3. The molecular formula is C19H22N6O. The maximum absolute atomic E-state index is 10.2. The Balaban J connectivity index is 1.64. The van der Waals surface area contributed by atoms with Crippen molar-refractivity contribution in [1.29, 1.82) is 5.26 Å². The van der Waals surface area contributed by atoms with Crippen LogP contribution in [0, 0.1) is 24.2 Å². The third-order valence-corrected chi connectivity index (χ3v) is 5.55. The second-order valence-corrected chi connectivity index (χ2v) is 7.25. The first-order valence-electron chi connectivity index (χ1n) is 8.97. The van der Waals surface area contributed by atoms with E-state index in [2.05, 4.69) is 32.0 Å². The fourth-order valence-electron chi connectivity index (χ4n) is 4.11. The molecule has 0 spiro atoms. The highest BCUT2D eigenvalue weighted by molar-refractivity contribution is 5.69. The number of nitrogens with zero attached hydrogens (tertiary/aromatic N) is 6. The Morgan fingerprint density at radius 2 is 2.04 bits per heavy atom. The summed E-state index contributed by atoms with van der Waals surface area (Å²) in [7, 11) is 2.16. The van der Waals surface area contributed by atoms with Crippen molar-refractivity contribution in [3.8, 4) is 23.1 Å². The summed E-state index contributed by atoms with van der Waals surface area (Å²) in [6.07, 6.45) is 2.40. The summed E-state index contributed by atoms with van der Waals surface area (Å²) in [6, 6.07) is 7.25. The first-order chi connectivity index (χ1) is 12.6. The average Bonchev–Trinajstić information content (AvgIpc) is 3.05. The molecule has 2 aromatic rings. The molecule has 0 radical (unpaired) electrons. The zero-order chi connectivity index (χ0) is 18.3. The van der Waals surface area contributed by atoms with Gasteiger partial charge in [0.25, 0.3) is 0 Å². The van der Waals surface area contributed by atoms with Gasteiger partial charge in [0.15, 0.2) is 0 Å². The van der Waals surface area contributed by atoms with Crippen LogP contribution in [0.25, 0.3) is 11.3 Å². The number of piperidine rings is 1. The highest BCUT2D eigenvalue weighted by Gasteiger charge is 2.38. The molecule has 2 fully saturated rings. The lowest BCUT2D eigenvalue weighted by atomic mass is 9.92. The summed E-state index contributed by atoms with van der Waals surface area (Å²) < 4.78 is 0. The summed E-state index contributed by atoms with van der Waals surface area (Å²) in [5.74, 6) is 1.39. The number of fused-ring (bicyclic) bond motifs is 1. The number of nitriles is 1. The Morgan fingerprint density at radius 3 is 2.77 bits per heavy atom. The molecule has 7 heteroatoms. The number of likely N-dealkylation sites (tertiary alicyclic amines) is 1. The number of hydrogen-bond acceptors (Lipinski definition) is 7. The lowest BCUT2D eigenvalue weighted by Gasteiger charge is -2.36. The van der Waals surface area contributed by atoms with Gasteiger partial charge in [0.1, 0.15) is 11.4 Å². The van der Waals surface area contributed by atoms with Gasteiger partial charge < -0.3 is 14.9 Å². The zero-order valence-corrected chi connectivity index (χ0v) is 15.1. The number of phenolic OH excluding ortho intramolecular Hbond substituents is 1. The van der Waals surface area contributed by atoms with Crippen molar-refractivity contribution in [2.24, 2.45) is 5.92 Å². The van der Waals surface area contributed by atoms with Crippen LogP contribution < -0.4 is 4.90 Å². The number of rotatable bonds is 2. The van der Waals surface area contributed by atoms with Gasteiger partial charge in [-0.2, -0.15) is 5.26 Å². The highest BCUT2D eigenvalue weighted by atomic mass is 16.3. The molecule has 0 aliphatic carbocycles. The molecule has 26 heavy (non-hydrogen) atoms. The summed E-state index contributed by atoms with van der Waals surface area (Å²) in [6.45, 7) is 5.03. The predicted molar refractivity (Wildman–Crippen MR) is 97.7 cm³/mol. The molecule has 2 aliphatic heterocycles. The Hall–Kier alpha value is -2.72. The predicted octanol–water partition coefficient (Wildman–Crippen LogP) is 1.95. The summed E-state index contributed by atoms with van der Waals surface area (Å²) in [5, 5.41) is 27.9. The third kappa shape index (κ3) is 2.86. The Labute approximate surface area is 152 Å². The van der Waals surface area contributed by atoms with E-state index < -0.39 is 0 Å². The monoisotopic (exact) mass is 350 g/mol. The molecule has 134 valence electrons. The number of aryl methyl sites for hydroxylation is 1. The third-order valence-electron chi connectivity index (χ3n) is 5.55. The van der Waals surface area contributed by atoms with E-state index in [1.165, 1.54) is 18.9 Å². The van der Waals surface area contributed by atoms with Crippen molar-refractivity contribution in [3.63, 3.8) is 0 Å². The van der Waals surface area contributed by atoms with Crippen LogP contribution in [0.2, 0.25) is 0 Å². The number of likely N-dealkylation sites (N-methyl/N-ethyl adjacent to an activating group) is 1. The van der Waals surface area contributed by atoms with Crippen LogP contribution in [-0.2, 0) is 0 Å². The van der Waals surface area contributed by atoms with Crippen LogP contribution in [0.4, 0.5) is 5.95 Å². The van der Waals surface area contributed by atoms with E-state index in [0.29, 0.717) is 34.7 Å². The van der Waals surface area contributed by atoms with E-state index in [4.69, 9.17) is 5.26 Å².